The Morgan fingerprint density at radius 2 is 2.21 bits per heavy atom. The molecule has 0 N–H and O–H groups in total. The Labute approximate surface area is 117 Å². The molecule has 1 atom stereocenters. The molecule has 2 aromatic rings. The molecule has 4 heteroatoms. The van der Waals surface area contributed by atoms with Gasteiger partial charge in [-0.25, -0.2) is 0 Å². The van der Waals surface area contributed by atoms with Crippen molar-refractivity contribution >= 4 is 27.8 Å². The number of fused-ring (bicyclic) bond motifs is 1. The number of aldehydes is 1. The van der Waals surface area contributed by atoms with E-state index in [0.29, 0.717) is 12.6 Å². The highest BCUT2D eigenvalue weighted by Crippen LogP contribution is 2.38. The lowest BCUT2D eigenvalue weighted by atomic mass is 9.94. The SMILES string of the molecule is CC(C)(C)c1cc2cc(C=O)n(C3CCOC3)c2s1. The zero-order valence-corrected chi connectivity index (χ0v) is 12.4. The molecule has 1 saturated heterocycles. The van der Waals surface area contributed by atoms with Crippen LogP contribution < -0.4 is 0 Å². The lowest BCUT2D eigenvalue weighted by Crippen LogP contribution is -2.11. The van der Waals surface area contributed by atoms with Crippen molar-refractivity contribution in [1.82, 2.24) is 4.57 Å². The molecule has 0 saturated carbocycles. The number of aromatic nitrogens is 1. The zero-order chi connectivity index (χ0) is 13.6. The third-order valence-electron chi connectivity index (χ3n) is 3.67. The van der Waals surface area contributed by atoms with E-state index in [1.807, 2.05) is 6.07 Å². The molecule has 0 aliphatic carbocycles. The summed E-state index contributed by atoms with van der Waals surface area (Å²) in [6.07, 6.45) is 1.95. The quantitative estimate of drug-likeness (QED) is 0.782. The second kappa shape index (κ2) is 4.46. The molecule has 1 unspecified atom stereocenters. The van der Waals surface area contributed by atoms with Gasteiger partial charge in [-0.2, -0.15) is 0 Å². The van der Waals surface area contributed by atoms with Crippen molar-refractivity contribution < 1.29 is 9.53 Å². The molecule has 3 heterocycles. The van der Waals surface area contributed by atoms with Crippen LogP contribution in [0, 0.1) is 0 Å². The number of nitrogens with zero attached hydrogens (tertiary/aromatic N) is 1. The Morgan fingerprint density at radius 3 is 2.79 bits per heavy atom. The molecular formula is C15H19NO2S. The van der Waals surface area contributed by atoms with Crippen molar-refractivity contribution in [3.63, 3.8) is 0 Å². The summed E-state index contributed by atoms with van der Waals surface area (Å²) in [6.45, 7) is 8.18. The number of rotatable bonds is 2. The van der Waals surface area contributed by atoms with Crippen molar-refractivity contribution in [3.05, 3.63) is 22.7 Å². The van der Waals surface area contributed by atoms with Gasteiger partial charge in [0.1, 0.15) is 4.83 Å². The maximum atomic E-state index is 11.3. The number of thiophene rings is 1. The van der Waals surface area contributed by atoms with E-state index < -0.39 is 0 Å². The fourth-order valence-corrected chi connectivity index (χ4v) is 3.88. The predicted molar refractivity (Wildman–Crippen MR) is 78.4 cm³/mol. The van der Waals surface area contributed by atoms with Gasteiger partial charge in [-0.05, 0) is 24.0 Å². The molecule has 2 aromatic heterocycles. The lowest BCUT2D eigenvalue weighted by molar-refractivity contribution is 0.111. The summed E-state index contributed by atoms with van der Waals surface area (Å²) in [4.78, 5) is 13.9. The van der Waals surface area contributed by atoms with Crippen molar-refractivity contribution in [1.29, 1.82) is 0 Å². The van der Waals surface area contributed by atoms with Crippen LogP contribution in [0.25, 0.3) is 10.2 Å². The van der Waals surface area contributed by atoms with Gasteiger partial charge in [-0.3, -0.25) is 4.79 Å². The van der Waals surface area contributed by atoms with Crippen molar-refractivity contribution in [2.24, 2.45) is 0 Å². The van der Waals surface area contributed by atoms with Gasteiger partial charge >= 0.3 is 0 Å². The van der Waals surface area contributed by atoms with E-state index in [1.165, 1.54) is 15.1 Å². The minimum Gasteiger partial charge on any atom is -0.379 e. The second-order valence-electron chi connectivity index (χ2n) is 6.20. The van der Waals surface area contributed by atoms with Crippen LogP contribution in [-0.2, 0) is 10.2 Å². The molecule has 3 nitrogen and oxygen atoms in total. The largest absolute Gasteiger partial charge is 0.379 e. The van der Waals surface area contributed by atoms with E-state index in [2.05, 4.69) is 31.4 Å². The van der Waals surface area contributed by atoms with Gasteiger partial charge in [-0.15, -0.1) is 11.3 Å². The molecule has 0 amide bonds. The van der Waals surface area contributed by atoms with Crippen molar-refractivity contribution in [2.45, 2.75) is 38.6 Å². The van der Waals surface area contributed by atoms with Gasteiger partial charge in [0.2, 0.25) is 0 Å². The molecule has 0 radical (unpaired) electrons. The standard InChI is InChI=1S/C15H19NO2S/c1-15(2,3)13-7-10-6-12(8-17)16(14(10)19-13)11-4-5-18-9-11/h6-8,11H,4-5,9H2,1-3H3. The molecule has 1 fully saturated rings. The molecular weight excluding hydrogens is 258 g/mol. The van der Waals surface area contributed by atoms with Crippen LogP contribution >= 0.6 is 11.3 Å². The zero-order valence-electron chi connectivity index (χ0n) is 11.6. The Balaban J connectivity index is 2.16. The molecule has 0 spiro atoms. The van der Waals surface area contributed by atoms with Gasteiger partial charge in [0.15, 0.2) is 6.29 Å². The van der Waals surface area contributed by atoms with Crippen LogP contribution in [0.3, 0.4) is 0 Å². The monoisotopic (exact) mass is 277 g/mol. The minimum absolute atomic E-state index is 0.155. The first-order chi connectivity index (χ1) is 9.00. The first-order valence-electron chi connectivity index (χ1n) is 6.69. The van der Waals surface area contributed by atoms with Crippen LogP contribution in [0.15, 0.2) is 12.1 Å². The molecule has 0 bridgehead atoms. The number of carbonyl (C=O) groups excluding carboxylic acids is 1. The summed E-state index contributed by atoms with van der Waals surface area (Å²) in [5, 5.41) is 1.18. The minimum atomic E-state index is 0.155. The highest BCUT2D eigenvalue weighted by atomic mass is 32.1. The normalized spacial score (nSPS) is 20.3. The van der Waals surface area contributed by atoms with E-state index in [4.69, 9.17) is 4.74 Å². The van der Waals surface area contributed by atoms with Crippen LogP contribution in [0.4, 0.5) is 0 Å². The highest BCUT2D eigenvalue weighted by molar-refractivity contribution is 7.18. The van der Waals surface area contributed by atoms with Gasteiger partial charge in [0.05, 0.1) is 18.3 Å². The molecule has 1 aliphatic rings. The summed E-state index contributed by atoms with van der Waals surface area (Å²) < 4.78 is 7.65. The average molecular weight is 277 g/mol. The number of hydrogen-bond donors (Lipinski definition) is 0. The fourth-order valence-electron chi connectivity index (χ4n) is 2.60. The summed E-state index contributed by atoms with van der Waals surface area (Å²) >= 11 is 1.80. The predicted octanol–water partition coefficient (Wildman–Crippen LogP) is 3.77. The van der Waals surface area contributed by atoms with E-state index >= 15 is 0 Å². The Bertz CT molecular complexity index is 612. The van der Waals surface area contributed by atoms with Crippen LogP contribution in [0.2, 0.25) is 0 Å². The third-order valence-corrected chi connectivity index (χ3v) is 5.25. The van der Waals surface area contributed by atoms with E-state index in [9.17, 15) is 4.79 Å². The molecule has 1 aliphatic heterocycles. The van der Waals surface area contributed by atoms with E-state index in [-0.39, 0.29) is 5.41 Å². The summed E-state index contributed by atoms with van der Waals surface area (Å²) in [5.41, 5.74) is 0.930. The summed E-state index contributed by atoms with van der Waals surface area (Å²) in [5.74, 6) is 0. The number of carbonyl (C=O) groups is 1. The van der Waals surface area contributed by atoms with E-state index in [0.717, 1.165) is 25.0 Å². The Kier molecular flexibility index (Phi) is 3.02. The third kappa shape index (κ3) is 2.13. The summed E-state index contributed by atoms with van der Waals surface area (Å²) in [7, 11) is 0. The fraction of sp³-hybridized carbons (Fsp3) is 0.533. The van der Waals surface area contributed by atoms with Crippen molar-refractivity contribution in [2.75, 3.05) is 13.2 Å². The van der Waals surface area contributed by atoms with Gasteiger partial charge < -0.3 is 9.30 Å². The maximum absolute atomic E-state index is 11.3. The molecule has 3 rings (SSSR count). The second-order valence-corrected chi connectivity index (χ2v) is 7.23. The van der Waals surface area contributed by atoms with Gasteiger partial charge in [-0.1, -0.05) is 20.8 Å². The van der Waals surface area contributed by atoms with Crippen LogP contribution in [0.5, 0.6) is 0 Å². The number of ether oxygens (including phenoxy) is 1. The average Bonchev–Trinajstić information content (AvgIpc) is 3.01. The van der Waals surface area contributed by atoms with E-state index in [1.54, 1.807) is 11.3 Å². The van der Waals surface area contributed by atoms with Crippen molar-refractivity contribution in [3.8, 4) is 0 Å². The van der Waals surface area contributed by atoms with Crippen LogP contribution in [0.1, 0.15) is 48.6 Å². The smallest absolute Gasteiger partial charge is 0.166 e. The Morgan fingerprint density at radius 1 is 1.42 bits per heavy atom. The van der Waals surface area contributed by atoms with Gasteiger partial charge in [0.25, 0.3) is 0 Å². The van der Waals surface area contributed by atoms with Gasteiger partial charge in [0, 0.05) is 16.9 Å². The molecule has 0 aromatic carbocycles. The highest BCUT2D eigenvalue weighted by Gasteiger charge is 2.25. The molecule has 102 valence electrons. The topological polar surface area (TPSA) is 31.2 Å². The maximum Gasteiger partial charge on any atom is 0.166 e. The lowest BCUT2D eigenvalue weighted by Gasteiger charge is -2.16. The summed E-state index contributed by atoms with van der Waals surface area (Å²) in [6, 6.07) is 4.54. The first kappa shape index (κ1) is 12.9. The number of hydrogen-bond acceptors (Lipinski definition) is 3. The molecule has 19 heavy (non-hydrogen) atoms. The van der Waals surface area contributed by atoms with Crippen LogP contribution in [-0.4, -0.2) is 24.1 Å². The Hall–Kier alpha value is -1.13. The first-order valence-corrected chi connectivity index (χ1v) is 7.50.